The molecule has 5 aromatic rings. The molecular formula is C40H40O5Se. The van der Waals surface area contributed by atoms with Gasteiger partial charge in [-0.3, -0.25) is 0 Å². The van der Waals surface area contributed by atoms with E-state index in [2.05, 4.69) is 72.8 Å². The van der Waals surface area contributed by atoms with Gasteiger partial charge in [-0.1, -0.05) is 0 Å². The van der Waals surface area contributed by atoms with Crippen LogP contribution < -0.4 is 4.46 Å². The molecule has 5 nitrogen and oxygen atoms in total. The zero-order chi connectivity index (χ0) is 31.2. The van der Waals surface area contributed by atoms with Crippen molar-refractivity contribution in [3.05, 3.63) is 174 Å². The van der Waals surface area contributed by atoms with Crippen molar-refractivity contribution in [1.29, 1.82) is 0 Å². The third kappa shape index (κ3) is 9.47. The maximum atomic E-state index is 6.99. The molecule has 1 heterocycles. The molecule has 0 spiro atoms. The summed E-state index contributed by atoms with van der Waals surface area (Å²) in [6.45, 7) is 2.16. The van der Waals surface area contributed by atoms with Gasteiger partial charge in [-0.2, -0.15) is 0 Å². The first-order chi connectivity index (χ1) is 22.8. The Labute approximate surface area is 278 Å². The fourth-order valence-corrected chi connectivity index (χ4v) is 7.88. The number of hydrogen-bond acceptors (Lipinski definition) is 5. The van der Waals surface area contributed by atoms with Crippen molar-refractivity contribution >= 4 is 19.4 Å². The SMILES string of the molecule is c1ccc(COCC2OC([Se]c3ccccc3)C(OCc3ccccc3)C(OCc3ccccc3)C2OCc2ccccc2)cc1. The van der Waals surface area contributed by atoms with Gasteiger partial charge in [0, 0.05) is 0 Å². The van der Waals surface area contributed by atoms with E-state index >= 15 is 0 Å². The molecule has 0 bridgehead atoms. The molecule has 1 fully saturated rings. The Hall–Kier alpha value is -3.58. The summed E-state index contributed by atoms with van der Waals surface area (Å²) in [5, 5.41) is -0.221. The molecule has 5 atom stereocenters. The average Bonchev–Trinajstić information content (AvgIpc) is 3.12. The van der Waals surface area contributed by atoms with Crippen molar-refractivity contribution in [2.45, 2.75) is 55.8 Å². The van der Waals surface area contributed by atoms with Crippen molar-refractivity contribution in [2.24, 2.45) is 0 Å². The summed E-state index contributed by atoms with van der Waals surface area (Å²) in [5.41, 5.74) is 4.40. The van der Waals surface area contributed by atoms with Crippen LogP contribution in [0, 0.1) is 0 Å². The van der Waals surface area contributed by atoms with Gasteiger partial charge in [-0.05, 0) is 0 Å². The van der Waals surface area contributed by atoms with E-state index in [-0.39, 0.29) is 32.2 Å². The molecule has 6 rings (SSSR count). The number of hydrogen-bond donors (Lipinski definition) is 0. The van der Waals surface area contributed by atoms with E-state index in [9.17, 15) is 0 Å². The number of ether oxygens (including phenoxy) is 5. The van der Waals surface area contributed by atoms with Gasteiger partial charge in [-0.25, -0.2) is 0 Å². The van der Waals surface area contributed by atoms with Gasteiger partial charge in [-0.15, -0.1) is 0 Å². The fourth-order valence-electron chi connectivity index (χ4n) is 5.48. The molecule has 0 aliphatic carbocycles. The predicted molar refractivity (Wildman–Crippen MR) is 182 cm³/mol. The molecule has 5 aromatic carbocycles. The van der Waals surface area contributed by atoms with E-state index < -0.39 is 12.2 Å². The molecule has 0 amide bonds. The van der Waals surface area contributed by atoms with Crippen LogP contribution in [0.15, 0.2) is 152 Å². The Balaban J connectivity index is 1.31. The maximum absolute atomic E-state index is 6.99. The zero-order valence-electron chi connectivity index (χ0n) is 25.8. The standard InChI is InChI=1S/C40H40O5Se/c1-6-16-31(17-7-1)26-41-30-36-37(42-27-32-18-8-2-9-19-32)38(43-28-33-20-10-3-11-21-33)39(44-29-34-22-12-4-13-23-34)40(45-36)46-35-24-14-5-15-25-35/h1-25,36-40H,26-30H2. The fraction of sp³-hybridized carbons (Fsp3) is 0.250. The van der Waals surface area contributed by atoms with Crippen LogP contribution in [0.5, 0.6) is 0 Å². The number of benzene rings is 5. The van der Waals surface area contributed by atoms with Gasteiger partial charge in [0.25, 0.3) is 0 Å². The molecular weight excluding hydrogens is 639 g/mol. The zero-order valence-corrected chi connectivity index (χ0v) is 27.5. The van der Waals surface area contributed by atoms with Crippen molar-refractivity contribution < 1.29 is 23.7 Å². The minimum absolute atomic E-state index is 0.0565. The molecule has 1 aliphatic rings. The van der Waals surface area contributed by atoms with Gasteiger partial charge in [0.2, 0.25) is 0 Å². The average molecular weight is 680 g/mol. The van der Waals surface area contributed by atoms with Crippen LogP contribution in [0.25, 0.3) is 0 Å². The monoisotopic (exact) mass is 680 g/mol. The van der Waals surface area contributed by atoms with Crippen LogP contribution in [0.3, 0.4) is 0 Å². The van der Waals surface area contributed by atoms with Crippen LogP contribution in [0.2, 0.25) is 0 Å². The minimum atomic E-state index is -0.428. The molecule has 236 valence electrons. The van der Waals surface area contributed by atoms with E-state index in [1.165, 1.54) is 4.46 Å². The molecule has 46 heavy (non-hydrogen) atoms. The van der Waals surface area contributed by atoms with E-state index in [4.69, 9.17) is 23.7 Å². The summed E-state index contributed by atoms with van der Waals surface area (Å²) in [4.78, 5) is 0. The van der Waals surface area contributed by atoms with Crippen molar-refractivity contribution in [2.75, 3.05) is 6.61 Å². The molecule has 0 aromatic heterocycles. The first kappa shape index (κ1) is 32.4. The second kappa shape index (κ2) is 17.4. The van der Waals surface area contributed by atoms with E-state index in [0.29, 0.717) is 33.0 Å². The first-order valence-corrected chi connectivity index (χ1v) is 17.6. The van der Waals surface area contributed by atoms with Crippen LogP contribution in [0.4, 0.5) is 0 Å². The van der Waals surface area contributed by atoms with Crippen molar-refractivity contribution in [3.63, 3.8) is 0 Å². The summed E-state index contributed by atoms with van der Waals surface area (Å²) >= 11 is -0.0565. The van der Waals surface area contributed by atoms with Gasteiger partial charge >= 0.3 is 279 Å². The van der Waals surface area contributed by atoms with Gasteiger partial charge in [0.1, 0.15) is 0 Å². The van der Waals surface area contributed by atoms with Crippen molar-refractivity contribution in [3.8, 4) is 0 Å². The first-order valence-electron chi connectivity index (χ1n) is 15.8. The van der Waals surface area contributed by atoms with Crippen LogP contribution in [-0.4, -0.2) is 51.0 Å². The topological polar surface area (TPSA) is 46.2 Å². The Morgan fingerprint density at radius 2 is 0.826 bits per heavy atom. The molecule has 6 heteroatoms. The second-order valence-corrected chi connectivity index (χ2v) is 13.7. The Bertz CT molecular complexity index is 1540. The molecule has 5 unspecified atom stereocenters. The Morgan fingerprint density at radius 1 is 0.435 bits per heavy atom. The van der Waals surface area contributed by atoms with Crippen LogP contribution in [-0.2, 0) is 50.1 Å². The second-order valence-electron chi connectivity index (χ2n) is 11.3. The third-order valence-corrected chi connectivity index (χ3v) is 10.3. The molecule has 1 aliphatic heterocycles. The summed E-state index contributed by atoms with van der Waals surface area (Å²) < 4.78 is 35.0. The molecule has 1 saturated heterocycles. The normalized spacial score (nSPS) is 21.2. The molecule has 0 N–H and O–H groups in total. The summed E-state index contributed by atoms with van der Waals surface area (Å²) in [7, 11) is 0. The van der Waals surface area contributed by atoms with Gasteiger partial charge in [0.15, 0.2) is 0 Å². The van der Waals surface area contributed by atoms with E-state index in [0.717, 1.165) is 22.3 Å². The predicted octanol–water partition coefficient (Wildman–Crippen LogP) is 6.71. The van der Waals surface area contributed by atoms with E-state index in [1.807, 2.05) is 78.9 Å². The quantitative estimate of drug-likeness (QED) is 0.115. The summed E-state index contributed by atoms with van der Waals surface area (Å²) in [6, 6.07) is 51.5. The Morgan fingerprint density at radius 3 is 1.30 bits per heavy atom. The van der Waals surface area contributed by atoms with Crippen molar-refractivity contribution in [1.82, 2.24) is 0 Å². The Kier molecular flexibility index (Phi) is 12.2. The molecule has 0 radical (unpaired) electrons. The van der Waals surface area contributed by atoms with Crippen LogP contribution >= 0.6 is 0 Å². The third-order valence-electron chi connectivity index (χ3n) is 7.84. The van der Waals surface area contributed by atoms with Gasteiger partial charge < -0.3 is 0 Å². The van der Waals surface area contributed by atoms with Gasteiger partial charge in [0.05, 0.1) is 0 Å². The summed E-state index contributed by atoms with van der Waals surface area (Å²) in [5.74, 6) is 0. The summed E-state index contributed by atoms with van der Waals surface area (Å²) in [6.07, 6.45) is -1.55. The molecule has 0 saturated carbocycles. The number of rotatable bonds is 15. The van der Waals surface area contributed by atoms with E-state index in [1.54, 1.807) is 0 Å². The van der Waals surface area contributed by atoms with Crippen LogP contribution in [0.1, 0.15) is 22.3 Å².